The van der Waals surface area contributed by atoms with Gasteiger partial charge in [0.05, 0.1) is 12.2 Å². The fourth-order valence-corrected chi connectivity index (χ4v) is 3.38. The number of phosphoric acid groups is 1. The van der Waals surface area contributed by atoms with Gasteiger partial charge in [0.15, 0.2) is 23.1 Å². The van der Waals surface area contributed by atoms with Crippen LogP contribution >= 0.6 is 7.82 Å². The monoisotopic (exact) mass is 362 g/mol. The summed E-state index contributed by atoms with van der Waals surface area (Å²) >= 11 is 0. The van der Waals surface area contributed by atoms with E-state index in [4.69, 9.17) is 18.0 Å². The van der Waals surface area contributed by atoms with Crippen molar-refractivity contribution in [1.82, 2.24) is 0 Å². The van der Waals surface area contributed by atoms with Crippen molar-refractivity contribution in [2.75, 3.05) is 13.7 Å². The molecule has 0 saturated carbocycles. The highest BCUT2D eigenvalue weighted by Crippen LogP contribution is 2.52. The first kappa shape index (κ1) is 17.4. The Balaban J connectivity index is 1.95. The highest BCUT2D eigenvalue weighted by Gasteiger charge is 2.35. The number of hydrogen-bond acceptors (Lipinski definition) is 7. The zero-order valence-corrected chi connectivity index (χ0v) is 14.5. The summed E-state index contributed by atoms with van der Waals surface area (Å²) in [4.78, 5) is 25.1. The Bertz CT molecular complexity index is 872. The maximum Gasteiger partial charge on any atom is 0.529 e. The summed E-state index contributed by atoms with van der Waals surface area (Å²) in [5.41, 5.74) is 0.673. The van der Waals surface area contributed by atoms with Crippen molar-refractivity contribution in [1.29, 1.82) is 0 Å². The summed E-state index contributed by atoms with van der Waals surface area (Å²) < 4.78 is 32.5. The predicted molar refractivity (Wildman–Crippen MR) is 88.4 cm³/mol. The van der Waals surface area contributed by atoms with Gasteiger partial charge in [0, 0.05) is 18.2 Å². The van der Waals surface area contributed by atoms with Crippen LogP contribution in [0, 0.1) is 0 Å². The predicted octanol–water partition coefficient (Wildman–Crippen LogP) is 3.83. The Morgan fingerprint density at radius 2 is 1.80 bits per heavy atom. The molecule has 0 bridgehead atoms. The molecule has 0 saturated heterocycles. The number of fused-ring (bicyclic) bond motifs is 2. The van der Waals surface area contributed by atoms with Crippen molar-refractivity contribution >= 4 is 25.1 Å². The molecule has 0 amide bonds. The number of rotatable bonds is 6. The van der Waals surface area contributed by atoms with Gasteiger partial charge in [-0.3, -0.25) is 18.6 Å². The van der Waals surface area contributed by atoms with Gasteiger partial charge in [-0.2, -0.15) is 0 Å². The van der Waals surface area contributed by atoms with E-state index in [-0.39, 0.29) is 40.8 Å². The number of benzene rings is 1. The van der Waals surface area contributed by atoms with Crippen LogP contribution in [0.1, 0.15) is 44.7 Å². The molecule has 1 aliphatic carbocycles. The number of hydrogen-bond donors (Lipinski definition) is 0. The maximum atomic E-state index is 12.5. The van der Waals surface area contributed by atoms with Gasteiger partial charge in [0.25, 0.3) is 0 Å². The van der Waals surface area contributed by atoms with E-state index in [1.165, 1.54) is 13.2 Å². The lowest BCUT2D eigenvalue weighted by atomic mass is 9.89. The second-order valence-electron chi connectivity index (χ2n) is 5.12. The van der Waals surface area contributed by atoms with Crippen LogP contribution in [0.2, 0.25) is 0 Å². The number of carbonyl (C=O) groups is 2. The molecular weight excluding hydrogens is 347 g/mol. The minimum atomic E-state index is -3.85. The lowest BCUT2D eigenvalue weighted by molar-refractivity contribution is 0.0960. The van der Waals surface area contributed by atoms with Gasteiger partial charge in [-0.25, -0.2) is 4.57 Å². The van der Waals surface area contributed by atoms with E-state index in [0.29, 0.717) is 5.56 Å². The Labute approximate surface area is 143 Å². The zero-order chi connectivity index (χ0) is 18.2. The van der Waals surface area contributed by atoms with Crippen LogP contribution in [0.4, 0.5) is 0 Å². The molecule has 1 aromatic heterocycles. The average Bonchev–Trinajstić information content (AvgIpc) is 3.06. The molecular formula is C17H15O7P. The van der Waals surface area contributed by atoms with Crippen LogP contribution in [0.25, 0.3) is 5.76 Å². The Morgan fingerprint density at radius 1 is 1.16 bits per heavy atom. The van der Waals surface area contributed by atoms with Gasteiger partial charge in [0.1, 0.15) is 0 Å². The summed E-state index contributed by atoms with van der Waals surface area (Å²) in [5.74, 6) is -1.03. The fourth-order valence-electron chi connectivity index (χ4n) is 2.47. The Kier molecular flexibility index (Phi) is 4.47. The second kappa shape index (κ2) is 6.44. The molecule has 7 nitrogen and oxygen atoms in total. The third kappa shape index (κ3) is 2.98. The van der Waals surface area contributed by atoms with Crippen LogP contribution in [-0.2, 0) is 18.1 Å². The van der Waals surface area contributed by atoms with Crippen molar-refractivity contribution in [3.8, 4) is 0 Å². The molecule has 0 aliphatic heterocycles. The van der Waals surface area contributed by atoms with Gasteiger partial charge in [0.2, 0.25) is 5.78 Å². The minimum absolute atomic E-state index is 0.00326. The van der Waals surface area contributed by atoms with Crippen molar-refractivity contribution in [3.63, 3.8) is 0 Å². The van der Waals surface area contributed by atoms with E-state index in [9.17, 15) is 14.2 Å². The number of ketones is 2. The normalized spacial score (nSPS) is 15.3. The first-order valence-electron chi connectivity index (χ1n) is 7.41. The van der Waals surface area contributed by atoms with Crippen LogP contribution in [0.15, 0.2) is 41.3 Å². The minimum Gasteiger partial charge on any atom is -0.449 e. The van der Waals surface area contributed by atoms with Crippen LogP contribution in [0.3, 0.4) is 0 Å². The Morgan fingerprint density at radius 3 is 2.40 bits per heavy atom. The molecule has 1 aliphatic rings. The molecule has 0 radical (unpaired) electrons. The highest BCUT2D eigenvalue weighted by atomic mass is 31.2. The quantitative estimate of drug-likeness (QED) is 0.486. The molecule has 130 valence electrons. The van der Waals surface area contributed by atoms with Gasteiger partial charge >= 0.3 is 7.82 Å². The number of carbonyl (C=O) groups excluding carboxylic acids is 2. The lowest BCUT2D eigenvalue weighted by Crippen LogP contribution is -2.18. The largest absolute Gasteiger partial charge is 0.529 e. The van der Waals surface area contributed by atoms with E-state index in [0.717, 1.165) is 0 Å². The smallest absolute Gasteiger partial charge is 0.449 e. The van der Waals surface area contributed by atoms with Gasteiger partial charge < -0.3 is 8.94 Å². The van der Waals surface area contributed by atoms with Crippen LogP contribution in [-0.4, -0.2) is 25.3 Å². The fraction of sp³-hybridized carbons (Fsp3) is 0.176. The summed E-state index contributed by atoms with van der Waals surface area (Å²) in [7, 11) is -2.68. The van der Waals surface area contributed by atoms with Gasteiger partial charge in [-0.1, -0.05) is 30.8 Å². The molecule has 3 rings (SSSR count). The van der Waals surface area contributed by atoms with Crippen molar-refractivity contribution in [2.45, 2.75) is 6.92 Å². The lowest BCUT2D eigenvalue weighted by Gasteiger charge is -2.15. The molecule has 8 heteroatoms. The third-order valence-corrected chi connectivity index (χ3v) is 5.07. The number of phosphoric ester groups is 1. The van der Waals surface area contributed by atoms with Crippen molar-refractivity contribution in [3.05, 3.63) is 65.1 Å². The van der Waals surface area contributed by atoms with E-state index in [2.05, 4.69) is 6.58 Å². The third-order valence-electron chi connectivity index (χ3n) is 3.61. The van der Waals surface area contributed by atoms with Gasteiger partial charge in [-0.15, -0.1) is 0 Å². The number of furan rings is 1. The molecule has 1 atom stereocenters. The summed E-state index contributed by atoms with van der Waals surface area (Å²) in [6.07, 6.45) is 0. The van der Waals surface area contributed by atoms with E-state index in [1.807, 2.05) is 0 Å². The van der Waals surface area contributed by atoms with Gasteiger partial charge in [-0.05, 0) is 13.0 Å². The summed E-state index contributed by atoms with van der Waals surface area (Å²) in [5, 5.41) is 0. The average molecular weight is 362 g/mol. The zero-order valence-electron chi connectivity index (χ0n) is 13.6. The summed E-state index contributed by atoms with van der Waals surface area (Å²) in [6.45, 7) is 5.33. The van der Waals surface area contributed by atoms with Crippen LogP contribution < -0.4 is 0 Å². The molecule has 0 N–H and O–H groups in total. The van der Waals surface area contributed by atoms with Crippen molar-refractivity contribution < 1.29 is 32.1 Å². The molecule has 2 aromatic rings. The molecule has 0 spiro atoms. The highest BCUT2D eigenvalue weighted by molar-refractivity contribution is 7.48. The topological polar surface area (TPSA) is 92.0 Å². The Hall–Kier alpha value is -2.47. The van der Waals surface area contributed by atoms with E-state index >= 15 is 0 Å². The molecule has 1 unspecified atom stereocenters. The second-order valence-corrected chi connectivity index (χ2v) is 6.82. The first-order chi connectivity index (χ1) is 11.9. The SMILES string of the molecule is C=C(OP(=O)(OC)OCC)c1cc2c(o1)C(=O)c1ccccc1C2=O. The molecule has 1 aromatic carbocycles. The van der Waals surface area contributed by atoms with E-state index in [1.54, 1.807) is 31.2 Å². The molecule has 25 heavy (non-hydrogen) atoms. The maximum absolute atomic E-state index is 12.5. The van der Waals surface area contributed by atoms with Crippen LogP contribution in [0.5, 0.6) is 0 Å². The molecule has 1 heterocycles. The van der Waals surface area contributed by atoms with Crippen molar-refractivity contribution in [2.24, 2.45) is 0 Å². The standard InChI is InChI=1S/C17H15O7P/c1-4-22-25(20,21-3)24-10(2)14-9-13-15(18)11-7-5-6-8-12(11)16(19)17(13)23-14/h5-9H,2,4H2,1,3H3. The van der Waals surface area contributed by atoms with E-state index < -0.39 is 13.6 Å². The summed E-state index contributed by atoms with van der Waals surface area (Å²) in [6, 6.07) is 7.80. The molecule has 0 fully saturated rings. The first-order valence-corrected chi connectivity index (χ1v) is 8.87.